The number of likely N-dealkylation sites (tertiary alicyclic amines) is 1. The standard InChI is InChI=1S/C17H22N4O2/c1-2-21-10-6-5-7-12(21)11-18-17(23)15-13-8-3-4-9-14(13)16(22)20-19-15/h3-4,8-9,12H,2,5-7,10-11H2,1H3,(H,18,23)(H,20,22)/t12-/m1/s1. The summed E-state index contributed by atoms with van der Waals surface area (Å²) in [6.45, 7) is 4.86. The number of aromatic nitrogens is 2. The number of likely N-dealkylation sites (N-methyl/N-ethyl adjacent to an activating group) is 1. The van der Waals surface area contributed by atoms with Crippen LogP contribution in [0.5, 0.6) is 0 Å². The molecule has 1 aliphatic heterocycles. The highest BCUT2D eigenvalue weighted by atomic mass is 16.2. The average molecular weight is 314 g/mol. The summed E-state index contributed by atoms with van der Waals surface area (Å²) in [4.78, 5) is 26.7. The Balaban J connectivity index is 1.76. The lowest BCUT2D eigenvalue weighted by molar-refractivity contribution is 0.0914. The van der Waals surface area contributed by atoms with Gasteiger partial charge in [-0.3, -0.25) is 14.5 Å². The highest BCUT2D eigenvalue weighted by molar-refractivity contribution is 6.04. The molecule has 0 saturated carbocycles. The predicted octanol–water partition coefficient (Wildman–Crippen LogP) is 1.53. The predicted molar refractivity (Wildman–Crippen MR) is 89.6 cm³/mol. The highest BCUT2D eigenvalue weighted by Crippen LogP contribution is 2.16. The molecule has 0 unspecified atom stereocenters. The lowest BCUT2D eigenvalue weighted by Gasteiger charge is -2.34. The van der Waals surface area contributed by atoms with E-state index in [0.717, 1.165) is 19.5 Å². The minimum atomic E-state index is -0.276. The summed E-state index contributed by atoms with van der Waals surface area (Å²) in [5.74, 6) is -0.237. The Morgan fingerprint density at radius 2 is 2.13 bits per heavy atom. The number of H-pyrrole nitrogens is 1. The molecule has 6 nitrogen and oxygen atoms in total. The van der Waals surface area contributed by atoms with E-state index in [0.29, 0.717) is 23.4 Å². The Bertz CT molecular complexity index is 756. The molecule has 6 heteroatoms. The van der Waals surface area contributed by atoms with Crippen molar-refractivity contribution < 1.29 is 4.79 Å². The molecule has 0 bridgehead atoms. The number of hydrogen-bond acceptors (Lipinski definition) is 4. The van der Waals surface area contributed by atoms with E-state index in [2.05, 4.69) is 27.3 Å². The number of carbonyl (C=O) groups excluding carboxylic acids is 1. The van der Waals surface area contributed by atoms with Crippen molar-refractivity contribution in [1.29, 1.82) is 0 Å². The summed E-state index contributed by atoms with van der Waals surface area (Å²) >= 11 is 0. The molecule has 2 aromatic rings. The van der Waals surface area contributed by atoms with E-state index in [1.807, 2.05) is 0 Å². The Morgan fingerprint density at radius 3 is 2.91 bits per heavy atom. The van der Waals surface area contributed by atoms with Crippen LogP contribution in [0.3, 0.4) is 0 Å². The van der Waals surface area contributed by atoms with Gasteiger partial charge in [0.2, 0.25) is 0 Å². The maximum atomic E-state index is 12.5. The Morgan fingerprint density at radius 1 is 1.35 bits per heavy atom. The van der Waals surface area contributed by atoms with Crippen LogP contribution in [-0.4, -0.2) is 46.7 Å². The van der Waals surface area contributed by atoms with E-state index in [-0.39, 0.29) is 17.2 Å². The van der Waals surface area contributed by atoms with Crippen LogP contribution in [0.15, 0.2) is 29.1 Å². The molecule has 3 rings (SSSR count). The van der Waals surface area contributed by atoms with E-state index in [1.165, 1.54) is 12.8 Å². The molecule has 0 radical (unpaired) electrons. The van der Waals surface area contributed by atoms with Crippen LogP contribution in [0.1, 0.15) is 36.7 Å². The fraction of sp³-hybridized carbons (Fsp3) is 0.471. The van der Waals surface area contributed by atoms with E-state index in [4.69, 9.17) is 0 Å². The first-order valence-electron chi connectivity index (χ1n) is 8.20. The number of nitrogens with zero attached hydrogens (tertiary/aromatic N) is 2. The molecule has 1 saturated heterocycles. The van der Waals surface area contributed by atoms with Crippen molar-refractivity contribution in [2.24, 2.45) is 0 Å². The summed E-state index contributed by atoms with van der Waals surface area (Å²) in [6, 6.07) is 7.42. The van der Waals surface area contributed by atoms with Crippen molar-refractivity contribution >= 4 is 16.7 Å². The van der Waals surface area contributed by atoms with Crippen LogP contribution < -0.4 is 10.9 Å². The van der Waals surface area contributed by atoms with E-state index in [9.17, 15) is 9.59 Å². The number of piperidine rings is 1. The number of rotatable bonds is 4. The Hall–Kier alpha value is -2.21. The molecule has 1 amide bonds. The van der Waals surface area contributed by atoms with Gasteiger partial charge in [-0.2, -0.15) is 5.10 Å². The summed E-state index contributed by atoms with van der Waals surface area (Å²) in [5, 5.41) is 10.4. The smallest absolute Gasteiger partial charge is 0.272 e. The van der Waals surface area contributed by atoms with E-state index < -0.39 is 0 Å². The molecule has 1 aliphatic rings. The molecule has 23 heavy (non-hydrogen) atoms. The summed E-state index contributed by atoms with van der Waals surface area (Å²) in [7, 11) is 0. The quantitative estimate of drug-likeness (QED) is 0.897. The molecular formula is C17H22N4O2. The van der Waals surface area contributed by atoms with Gasteiger partial charge in [0.15, 0.2) is 5.69 Å². The van der Waals surface area contributed by atoms with Crippen LogP contribution in [0, 0.1) is 0 Å². The number of amides is 1. The van der Waals surface area contributed by atoms with Crippen LogP contribution >= 0.6 is 0 Å². The van der Waals surface area contributed by atoms with E-state index >= 15 is 0 Å². The lowest BCUT2D eigenvalue weighted by atomic mass is 10.0. The van der Waals surface area contributed by atoms with Gasteiger partial charge < -0.3 is 5.32 Å². The zero-order valence-electron chi connectivity index (χ0n) is 13.3. The van der Waals surface area contributed by atoms with Gasteiger partial charge in [0.05, 0.1) is 5.39 Å². The third kappa shape index (κ3) is 3.27. The minimum Gasteiger partial charge on any atom is -0.349 e. The molecule has 1 atom stereocenters. The van der Waals surface area contributed by atoms with Crippen molar-refractivity contribution in [3.05, 3.63) is 40.3 Å². The van der Waals surface area contributed by atoms with Crippen molar-refractivity contribution in [3.8, 4) is 0 Å². The summed E-state index contributed by atoms with van der Waals surface area (Å²) < 4.78 is 0. The third-order valence-corrected chi connectivity index (χ3v) is 4.56. The van der Waals surface area contributed by atoms with Gasteiger partial charge in [-0.1, -0.05) is 31.5 Å². The first-order chi connectivity index (χ1) is 11.2. The maximum absolute atomic E-state index is 12.5. The fourth-order valence-corrected chi connectivity index (χ4v) is 3.29. The number of carbonyl (C=O) groups is 1. The van der Waals surface area contributed by atoms with Gasteiger partial charge in [-0.25, -0.2) is 5.10 Å². The topological polar surface area (TPSA) is 78.1 Å². The van der Waals surface area contributed by atoms with Gasteiger partial charge in [0, 0.05) is 18.0 Å². The first-order valence-corrected chi connectivity index (χ1v) is 8.20. The SMILES string of the molecule is CCN1CCCC[C@@H]1CNC(=O)c1n[nH]c(=O)c2ccccc12. The average Bonchev–Trinajstić information content (AvgIpc) is 2.60. The second-order valence-corrected chi connectivity index (χ2v) is 5.94. The number of benzene rings is 1. The number of nitrogens with one attached hydrogen (secondary N) is 2. The zero-order chi connectivity index (χ0) is 16.2. The Kier molecular flexibility index (Phi) is 4.71. The molecular weight excluding hydrogens is 292 g/mol. The molecule has 0 aliphatic carbocycles. The van der Waals surface area contributed by atoms with Crippen molar-refractivity contribution in [1.82, 2.24) is 20.4 Å². The second kappa shape index (κ2) is 6.91. The minimum absolute atomic E-state index is 0.237. The molecule has 1 fully saturated rings. The number of hydrogen-bond donors (Lipinski definition) is 2. The zero-order valence-corrected chi connectivity index (χ0v) is 13.3. The van der Waals surface area contributed by atoms with Crippen LogP contribution in [-0.2, 0) is 0 Å². The maximum Gasteiger partial charge on any atom is 0.272 e. The van der Waals surface area contributed by atoms with Gasteiger partial charge >= 0.3 is 0 Å². The Labute approximate surface area is 134 Å². The van der Waals surface area contributed by atoms with Gasteiger partial charge in [0.25, 0.3) is 11.5 Å². The van der Waals surface area contributed by atoms with Gasteiger partial charge in [-0.05, 0) is 32.0 Å². The first kappa shape index (κ1) is 15.7. The third-order valence-electron chi connectivity index (χ3n) is 4.56. The van der Waals surface area contributed by atoms with Gasteiger partial charge in [0.1, 0.15) is 0 Å². The number of aromatic amines is 1. The van der Waals surface area contributed by atoms with Crippen molar-refractivity contribution in [3.63, 3.8) is 0 Å². The fourth-order valence-electron chi connectivity index (χ4n) is 3.29. The number of fused-ring (bicyclic) bond motifs is 1. The van der Waals surface area contributed by atoms with Crippen molar-refractivity contribution in [2.75, 3.05) is 19.6 Å². The van der Waals surface area contributed by atoms with Crippen LogP contribution in [0.2, 0.25) is 0 Å². The summed E-state index contributed by atoms with van der Waals surface area (Å²) in [5.41, 5.74) is 0.000599. The molecule has 1 aromatic heterocycles. The highest BCUT2D eigenvalue weighted by Gasteiger charge is 2.22. The normalized spacial score (nSPS) is 18.9. The molecule has 1 aromatic carbocycles. The molecule has 122 valence electrons. The second-order valence-electron chi connectivity index (χ2n) is 5.94. The largest absolute Gasteiger partial charge is 0.349 e. The summed E-state index contributed by atoms with van der Waals surface area (Å²) in [6.07, 6.45) is 3.54. The monoisotopic (exact) mass is 314 g/mol. The van der Waals surface area contributed by atoms with Crippen molar-refractivity contribution in [2.45, 2.75) is 32.2 Å². The molecule has 2 N–H and O–H groups in total. The van der Waals surface area contributed by atoms with Crippen LogP contribution in [0.4, 0.5) is 0 Å². The van der Waals surface area contributed by atoms with Gasteiger partial charge in [-0.15, -0.1) is 0 Å². The lowest BCUT2D eigenvalue weighted by Crippen LogP contribution is -2.46. The van der Waals surface area contributed by atoms with E-state index in [1.54, 1.807) is 24.3 Å². The molecule has 0 spiro atoms. The van der Waals surface area contributed by atoms with Crippen LogP contribution in [0.25, 0.3) is 10.8 Å². The molecule has 2 heterocycles.